The fourth-order valence-electron chi connectivity index (χ4n) is 1.43. The molecule has 0 spiro atoms. The number of halogens is 2. The lowest BCUT2D eigenvalue weighted by Crippen LogP contribution is -2.01. The molecule has 0 aliphatic rings. The molecule has 0 atom stereocenters. The van der Waals surface area contributed by atoms with Crippen molar-refractivity contribution in [2.24, 2.45) is 0 Å². The van der Waals surface area contributed by atoms with E-state index in [0.717, 1.165) is 0 Å². The molecule has 0 radical (unpaired) electrons. The summed E-state index contributed by atoms with van der Waals surface area (Å²) in [5.41, 5.74) is 1.14. The van der Waals surface area contributed by atoms with E-state index in [9.17, 15) is 9.18 Å². The van der Waals surface area contributed by atoms with E-state index in [4.69, 9.17) is 5.11 Å². The van der Waals surface area contributed by atoms with Gasteiger partial charge in [0.15, 0.2) is 5.69 Å². The van der Waals surface area contributed by atoms with E-state index in [1.54, 1.807) is 13.1 Å². The Kier molecular flexibility index (Phi) is 2.97. The van der Waals surface area contributed by atoms with Gasteiger partial charge < -0.3 is 5.11 Å². The van der Waals surface area contributed by atoms with Crippen molar-refractivity contribution in [3.63, 3.8) is 0 Å². The molecule has 0 fully saturated rings. The van der Waals surface area contributed by atoms with Crippen LogP contribution in [0.2, 0.25) is 0 Å². The maximum atomic E-state index is 13.1. The van der Waals surface area contributed by atoms with Gasteiger partial charge in [0.05, 0.1) is 10.2 Å². The molecule has 0 saturated heterocycles. The molecule has 2 rings (SSSR count). The summed E-state index contributed by atoms with van der Waals surface area (Å²) >= 11 is 3.07. The summed E-state index contributed by atoms with van der Waals surface area (Å²) in [6, 6.07) is 4.35. The molecule has 1 aromatic carbocycles. The van der Waals surface area contributed by atoms with Crippen LogP contribution in [-0.4, -0.2) is 20.9 Å². The fraction of sp³-hybridized carbons (Fsp3) is 0.0909. The average molecular weight is 299 g/mol. The van der Waals surface area contributed by atoms with Crippen LogP contribution in [0.1, 0.15) is 16.1 Å². The van der Waals surface area contributed by atoms with Crippen molar-refractivity contribution >= 4 is 21.9 Å². The van der Waals surface area contributed by atoms with Gasteiger partial charge in [0.2, 0.25) is 0 Å². The number of hydrogen-bond donors (Lipinski definition) is 1. The van der Waals surface area contributed by atoms with Crippen molar-refractivity contribution in [2.75, 3.05) is 0 Å². The van der Waals surface area contributed by atoms with Crippen molar-refractivity contribution in [2.45, 2.75) is 6.92 Å². The Morgan fingerprint density at radius 2 is 2.24 bits per heavy atom. The molecule has 4 nitrogen and oxygen atoms in total. The monoisotopic (exact) mass is 298 g/mol. The molecule has 0 bridgehead atoms. The molecule has 0 unspecified atom stereocenters. The molecule has 88 valence electrons. The van der Waals surface area contributed by atoms with Gasteiger partial charge in [0.25, 0.3) is 0 Å². The highest BCUT2D eigenvalue weighted by atomic mass is 79.9. The van der Waals surface area contributed by atoms with E-state index in [1.807, 2.05) is 0 Å². The van der Waals surface area contributed by atoms with Crippen LogP contribution in [0.3, 0.4) is 0 Å². The van der Waals surface area contributed by atoms with E-state index in [0.29, 0.717) is 15.7 Å². The molecule has 1 N–H and O–H groups in total. The van der Waals surface area contributed by atoms with Crippen molar-refractivity contribution in [3.05, 3.63) is 45.9 Å². The maximum Gasteiger partial charge on any atom is 0.356 e. The summed E-state index contributed by atoms with van der Waals surface area (Å²) in [7, 11) is 0. The molecule has 2 aromatic rings. The SMILES string of the molecule is Cc1cn(-c2ccc(F)c(Br)c2)nc1C(=O)O. The molecule has 6 heteroatoms. The zero-order valence-corrected chi connectivity index (χ0v) is 10.4. The minimum Gasteiger partial charge on any atom is -0.476 e. The van der Waals surface area contributed by atoms with Gasteiger partial charge in [-0.25, -0.2) is 13.9 Å². The van der Waals surface area contributed by atoms with E-state index < -0.39 is 5.97 Å². The lowest BCUT2D eigenvalue weighted by molar-refractivity contribution is 0.0689. The lowest BCUT2D eigenvalue weighted by Gasteiger charge is -2.02. The fourth-order valence-corrected chi connectivity index (χ4v) is 1.80. The first kappa shape index (κ1) is 11.8. The van der Waals surface area contributed by atoms with Crippen LogP contribution < -0.4 is 0 Å². The first-order valence-corrected chi connectivity index (χ1v) is 5.53. The van der Waals surface area contributed by atoms with Crippen LogP contribution >= 0.6 is 15.9 Å². The number of aryl methyl sites for hydroxylation is 1. The number of benzene rings is 1. The van der Waals surface area contributed by atoms with Gasteiger partial charge in [-0.2, -0.15) is 5.10 Å². The van der Waals surface area contributed by atoms with E-state index in [2.05, 4.69) is 21.0 Å². The Morgan fingerprint density at radius 3 is 2.76 bits per heavy atom. The van der Waals surface area contributed by atoms with Gasteiger partial charge in [-0.3, -0.25) is 0 Å². The molecule has 1 aromatic heterocycles. The number of nitrogens with zero attached hydrogens (tertiary/aromatic N) is 2. The quantitative estimate of drug-likeness (QED) is 0.927. The zero-order valence-electron chi connectivity index (χ0n) is 8.82. The average Bonchev–Trinajstić information content (AvgIpc) is 2.64. The number of rotatable bonds is 2. The number of carboxylic acids is 1. The second-order valence-electron chi connectivity index (χ2n) is 3.51. The molecule has 0 saturated carbocycles. The highest BCUT2D eigenvalue weighted by Crippen LogP contribution is 2.20. The third kappa shape index (κ3) is 2.21. The van der Waals surface area contributed by atoms with Gasteiger partial charge in [-0.15, -0.1) is 0 Å². The molecule has 0 amide bonds. The largest absolute Gasteiger partial charge is 0.476 e. The summed E-state index contributed by atoms with van der Waals surface area (Å²) in [6.45, 7) is 1.66. The Bertz CT molecular complexity index is 595. The molecular weight excluding hydrogens is 291 g/mol. The number of hydrogen-bond acceptors (Lipinski definition) is 2. The van der Waals surface area contributed by atoms with Crippen molar-refractivity contribution in [1.29, 1.82) is 0 Å². The summed E-state index contributed by atoms with van der Waals surface area (Å²) < 4.78 is 14.8. The van der Waals surface area contributed by atoms with E-state index in [1.165, 1.54) is 22.9 Å². The molecule has 0 aliphatic heterocycles. The predicted molar refractivity (Wildman–Crippen MR) is 62.9 cm³/mol. The van der Waals surface area contributed by atoms with Crippen molar-refractivity contribution < 1.29 is 14.3 Å². The highest BCUT2D eigenvalue weighted by molar-refractivity contribution is 9.10. The summed E-state index contributed by atoms with van der Waals surface area (Å²) in [6.07, 6.45) is 1.59. The highest BCUT2D eigenvalue weighted by Gasteiger charge is 2.13. The van der Waals surface area contributed by atoms with Gasteiger partial charge >= 0.3 is 5.97 Å². The van der Waals surface area contributed by atoms with Crippen LogP contribution in [0.15, 0.2) is 28.9 Å². The normalized spacial score (nSPS) is 10.5. The van der Waals surface area contributed by atoms with Crippen LogP contribution in [0.5, 0.6) is 0 Å². The minimum atomic E-state index is -1.08. The van der Waals surface area contributed by atoms with Gasteiger partial charge in [0.1, 0.15) is 5.82 Å². The zero-order chi connectivity index (χ0) is 12.6. The maximum absolute atomic E-state index is 13.1. The number of aromatic nitrogens is 2. The number of aromatic carboxylic acids is 1. The van der Waals surface area contributed by atoms with Gasteiger partial charge in [0, 0.05) is 11.8 Å². The van der Waals surface area contributed by atoms with Crippen LogP contribution in [0.4, 0.5) is 4.39 Å². The third-order valence-electron chi connectivity index (χ3n) is 2.27. The van der Waals surface area contributed by atoms with Gasteiger partial charge in [-0.1, -0.05) is 0 Å². The van der Waals surface area contributed by atoms with Gasteiger partial charge in [-0.05, 0) is 41.1 Å². The predicted octanol–water partition coefficient (Wildman–Crippen LogP) is 2.78. The lowest BCUT2D eigenvalue weighted by atomic mass is 10.3. The van der Waals surface area contributed by atoms with Crippen LogP contribution in [-0.2, 0) is 0 Å². The standard InChI is InChI=1S/C11H8BrFN2O2/c1-6-5-15(14-10(6)11(16)17)7-2-3-9(13)8(12)4-7/h2-5H,1H3,(H,16,17). The second kappa shape index (κ2) is 4.29. The smallest absolute Gasteiger partial charge is 0.356 e. The third-order valence-corrected chi connectivity index (χ3v) is 2.88. The van der Waals surface area contributed by atoms with Crippen molar-refractivity contribution in [3.8, 4) is 5.69 Å². The Labute approximate surface area is 105 Å². The summed E-state index contributed by atoms with van der Waals surface area (Å²) in [4.78, 5) is 10.8. The van der Waals surface area contributed by atoms with Crippen LogP contribution in [0.25, 0.3) is 5.69 Å². The van der Waals surface area contributed by atoms with Crippen molar-refractivity contribution in [1.82, 2.24) is 9.78 Å². The number of carbonyl (C=O) groups is 1. The summed E-state index contributed by atoms with van der Waals surface area (Å²) in [5.74, 6) is -1.46. The molecular formula is C11H8BrFN2O2. The van der Waals surface area contributed by atoms with E-state index in [-0.39, 0.29) is 11.5 Å². The summed E-state index contributed by atoms with van der Waals surface area (Å²) in [5, 5.41) is 12.8. The Hall–Kier alpha value is -1.69. The molecule has 17 heavy (non-hydrogen) atoms. The van der Waals surface area contributed by atoms with E-state index >= 15 is 0 Å². The Balaban J connectivity index is 2.50. The molecule has 0 aliphatic carbocycles. The number of carboxylic acid groups (broad SMARTS) is 1. The minimum absolute atomic E-state index is 0.00884. The topological polar surface area (TPSA) is 55.1 Å². The first-order valence-electron chi connectivity index (χ1n) is 4.74. The molecule has 1 heterocycles. The Morgan fingerprint density at radius 1 is 1.53 bits per heavy atom. The first-order chi connectivity index (χ1) is 7.99. The second-order valence-corrected chi connectivity index (χ2v) is 4.36. The van der Waals surface area contributed by atoms with Crippen LogP contribution in [0, 0.1) is 12.7 Å².